The summed E-state index contributed by atoms with van der Waals surface area (Å²) >= 11 is 0. The van der Waals surface area contributed by atoms with Crippen LogP contribution in [0.15, 0.2) is 36.8 Å². The number of anilines is 2. The van der Waals surface area contributed by atoms with Gasteiger partial charge in [0, 0.05) is 35.7 Å². The molecule has 1 aromatic carbocycles. The SMILES string of the molecule is CC(C)(C)C(=O)N1CCc2ccc(NC(=O)c3cnccn3)cc21. The summed E-state index contributed by atoms with van der Waals surface area (Å²) in [5, 5.41) is 2.81. The van der Waals surface area contributed by atoms with Crippen LogP contribution < -0.4 is 10.2 Å². The van der Waals surface area contributed by atoms with Crippen molar-refractivity contribution in [2.45, 2.75) is 27.2 Å². The Balaban J connectivity index is 1.84. The summed E-state index contributed by atoms with van der Waals surface area (Å²) in [6.07, 6.45) is 5.23. The van der Waals surface area contributed by atoms with Gasteiger partial charge in [0.05, 0.1) is 6.20 Å². The molecule has 2 aromatic rings. The van der Waals surface area contributed by atoms with E-state index in [1.165, 1.54) is 18.6 Å². The zero-order chi connectivity index (χ0) is 17.3. The molecule has 0 unspecified atom stereocenters. The molecular weight excluding hydrogens is 304 g/mol. The fourth-order valence-corrected chi connectivity index (χ4v) is 2.68. The third-order valence-corrected chi connectivity index (χ3v) is 3.92. The van der Waals surface area contributed by atoms with Crippen LogP contribution in [0.5, 0.6) is 0 Å². The van der Waals surface area contributed by atoms with Crippen LogP contribution in [-0.2, 0) is 11.2 Å². The van der Waals surface area contributed by atoms with Crippen molar-refractivity contribution < 1.29 is 9.59 Å². The van der Waals surface area contributed by atoms with Crippen molar-refractivity contribution >= 4 is 23.2 Å². The van der Waals surface area contributed by atoms with Crippen LogP contribution in [0, 0.1) is 5.41 Å². The third-order valence-electron chi connectivity index (χ3n) is 3.92. The number of nitrogens with zero attached hydrogens (tertiary/aromatic N) is 3. The lowest BCUT2D eigenvalue weighted by molar-refractivity contribution is -0.125. The smallest absolute Gasteiger partial charge is 0.275 e. The van der Waals surface area contributed by atoms with E-state index in [4.69, 9.17) is 0 Å². The van der Waals surface area contributed by atoms with Gasteiger partial charge in [0.1, 0.15) is 5.69 Å². The van der Waals surface area contributed by atoms with E-state index in [9.17, 15) is 9.59 Å². The molecule has 0 atom stereocenters. The Morgan fingerprint density at radius 2 is 2.00 bits per heavy atom. The van der Waals surface area contributed by atoms with Gasteiger partial charge >= 0.3 is 0 Å². The largest absolute Gasteiger partial charge is 0.321 e. The number of carbonyl (C=O) groups is 2. The van der Waals surface area contributed by atoms with Gasteiger partial charge in [-0.2, -0.15) is 0 Å². The van der Waals surface area contributed by atoms with E-state index < -0.39 is 5.41 Å². The predicted octanol–water partition coefficient (Wildman–Crippen LogP) is 2.66. The van der Waals surface area contributed by atoms with Crippen molar-refractivity contribution in [1.29, 1.82) is 0 Å². The molecule has 0 radical (unpaired) electrons. The van der Waals surface area contributed by atoms with Gasteiger partial charge in [-0.1, -0.05) is 26.8 Å². The molecule has 1 aliphatic rings. The molecule has 2 amide bonds. The zero-order valence-electron chi connectivity index (χ0n) is 14.0. The second-order valence-electron chi connectivity index (χ2n) is 6.85. The molecule has 0 saturated heterocycles. The molecule has 1 N–H and O–H groups in total. The van der Waals surface area contributed by atoms with Gasteiger partial charge in [0.15, 0.2) is 0 Å². The first-order chi connectivity index (χ1) is 11.4. The summed E-state index contributed by atoms with van der Waals surface area (Å²) in [4.78, 5) is 34.5. The molecule has 0 aliphatic carbocycles. The molecule has 6 nitrogen and oxygen atoms in total. The second-order valence-corrected chi connectivity index (χ2v) is 6.85. The second kappa shape index (κ2) is 6.03. The quantitative estimate of drug-likeness (QED) is 0.921. The summed E-state index contributed by atoms with van der Waals surface area (Å²) in [6, 6.07) is 5.65. The summed E-state index contributed by atoms with van der Waals surface area (Å²) in [5.41, 5.74) is 2.43. The van der Waals surface area contributed by atoms with Gasteiger partial charge in [-0.15, -0.1) is 0 Å². The van der Waals surface area contributed by atoms with Crippen molar-refractivity contribution in [3.63, 3.8) is 0 Å². The third kappa shape index (κ3) is 3.13. The first-order valence-corrected chi connectivity index (χ1v) is 7.88. The van der Waals surface area contributed by atoms with Gasteiger partial charge < -0.3 is 10.2 Å². The predicted molar refractivity (Wildman–Crippen MR) is 91.9 cm³/mol. The molecule has 1 aromatic heterocycles. The van der Waals surface area contributed by atoms with Crippen LogP contribution in [0.1, 0.15) is 36.8 Å². The molecule has 2 heterocycles. The fourth-order valence-electron chi connectivity index (χ4n) is 2.68. The first-order valence-electron chi connectivity index (χ1n) is 7.88. The molecule has 0 spiro atoms. The van der Waals surface area contributed by atoms with Crippen molar-refractivity contribution in [2.24, 2.45) is 5.41 Å². The lowest BCUT2D eigenvalue weighted by Crippen LogP contribution is -2.38. The Morgan fingerprint density at radius 1 is 1.21 bits per heavy atom. The highest BCUT2D eigenvalue weighted by atomic mass is 16.2. The number of nitrogens with one attached hydrogen (secondary N) is 1. The van der Waals surface area contributed by atoms with Crippen LogP contribution >= 0.6 is 0 Å². The van der Waals surface area contributed by atoms with Gasteiger partial charge in [-0.05, 0) is 24.1 Å². The first kappa shape index (κ1) is 16.1. The Hall–Kier alpha value is -2.76. The molecule has 124 valence electrons. The summed E-state index contributed by atoms with van der Waals surface area (Å²) in [5.74, 6) is -0.242. The number of carbonyl (C=O) groups excluding carboxylic acids is 2. The number of benzene rings is 1. The van der Waals surface area contributed by atoms with E-state index >= 15 is 0 Å². The highest BCUT2D eigenvalue weighted by Gasteiger charge is 2.32. The van der Waals surface area contributed by atoms with E-state index in [-0.39, 0.29) is 17.5 Å². The molecule has 0 fully saturated rings. The normalized spacial score (nSPS) is 13.5. The van der Waals surface area contributed by atoms with E-state index in [2.05, 4.69) is 15.3 Å². The molecule has 24 heavy (non-hydrogen) atoms. The van der Waals surface area contributed by atoms with Crippen LogP contribution in [-0.4, -0.2) is 28.3 Å². The standard InChI is InChI=1S/C18H20N4O2/c1-18(2,3)17(24)22-9-6-12-4-5-13(10-15(12)22)21-16(23)14-11-19-7-8-20-14/h4-5,7-8,10-11H,6,9H2,1-3H3,(H,21,23). The van der Waals surface area contributed by atoms with Crippen LogP contribution in [0.2, 0.25) is 0 Å². The van der Waals surface area contributed by atoms with E-state index in [0.717, 1.165) is 17.7 Å². The summed E-state index contributed by atoms with van der Waals surface area (Å²) < 4.78 is 0. The van der Waals surface area contributed by atoms with E-state index in [0.29, 0.717) is 12.2 Å². The lowest BCUT2D eigenvalue weighted by Gasteiger charge is -2.26. The minimum Gasteiger partial charge on any atom is -0.321 e. The van der Waals surface area contributed by atoms with Gasteiger partial charge in [0.2, 0.25) is 5.91 Å². The summed E-state index contributed by atoms with van der Waals surface area (Å²) in [7, 11) is 0. The lowest BCUT2D eigenvalue weighted by atomic mass is 9.94. The van der Waals surface area contributed by atoms with Gasteiger partial charge in [0.25, 0.3) is 5.91 Å². The molecule has 0 bridgehead atoms. The maximum Gasteiger partial charge on any atom is 0.275 e. The van der Waals surface area contributed by atoms with Crippen LogP contribution in [0.3, 0.4) is 0 Å². The molecular formula is C18H20N4O2. The van der Waals surface area contributed by atoms with Crippen molar-refractivity contribution in [2.75, 3.05) is 16.8 Å². The maximum atomic E-state index is 12.6. The number of hydrogen-bond acceptors (Lipinski definition) is 4. The number of hydrogen-bond donors (Lipinski definition) is 1. The molecule has 6 heteroatoms. The number of aromatic nitrogens is 2. The highest BCUT2D eigenvalue weighted by molar-refractivity contribution is 6.04. The van der Waals surface area contributed by atoms with Gasteiger partial charge in [-0.3, -0.25) is 14.6 Å². The number of fused-ring (bicyclic) bond motifs is 1. The average molecular weight is 324 g/mol. The minimum absolute atomic E-state index is 0.0821. The Labute approximate surface area is 140 Å². The topological polar surface area (TPSA) is 75.2 Å². The maximum absolute atomic E-state index is 12.6. The Bertz CT molecular complexity index is 781. The highest BCUT2D eigenvalue weighted by Crippen LogP contribution is 2.34. The van der Waals surface area contributed by atoms with Crippen molar-refractivity contribution in [3.8, 4) is 0 Å². The van der Waals surface area contributed by atoms with E-state index in [1.54, 1.807) is 4.90 Å². The zero-order valence-corrected chi connectivity index (χ0v) is 14.0. The van der Waals surface area contributed by atoms with Crippen LogP contribution in [0.25, 0.3) is 0 Å². The number of amides is 2. The monoisotopic (exact) mass is 324 g/mol. The Morgan fingerprint density at radius 3 is 2.67 bits per heavy atom. The number of rotatable bonds is 2. The molecule has 0 saturated carbocycles. The molecule has 1 aliphatic heterocycles. The van der Waals surface area contributed by atoms with Crippen molar-refractivity contribution in [3.05, 3.63) is 48.0 Å². The van der Waals surface area contributed by atoms with Crippen LogP contribution in [0.4, 0.5) is 11.4 Å². The Kier molecular flexibility index (Phi) is 4.05. The fraction of sp³-hybridized carbons (Fsp3) is 0.333. The van der Waals surface area contributed by atoms with Gasteiger partial charge in [-0.25, -0.2) is 4.98 Å². The molecule has 3 rings (SSSR count). The van der Waals surface area contributed by atoms with Crippen molar-refractivity contribution in [1.82, 2.24) is 9.97 Å². The van der Waals surface area contributed by atoms with E-state index in [1.807, 2.05) is 39.0 Å². The average Bonchev–Trinajstić information content (AvgIpc) is 2.97. The minimum atomic E-state index is -0.444. The summed E-state index contributed by atoms with van der Waals surface area (Å²) in [6.45, 7) is 6.40.